The number of likely N-dealkylation sites (tertiary alicyclic amines) is 1. The van der Waals surface area contributed by atoms with Crippen LogP contribution in [0.15, 0.2) is 29.2 Å². The van der Waals surface area contributed by atoms with E-state index in [1.165, 1.54) is 6.07 Å². The average Bonchev–Trinajstić information content (AvgIpc) is 3.11. The minimum atomic E-state index is -0.166. The lowest BCUT2D eigenvalue weighted by atomic mass is 10.2. The van der Waals surface area contributed by atoms with Gasteiger partial charge in [-0.05, 0) is 38.1 Å². The van der Waals surface area contributed by atoms with E-state index in [1.807, 2.05) is 40.2 Å². The number of aromatic amines is 1. The Labute approximate surface area is 164 Å². The number of carbonyl (C=O) groups excluding carboxylic acids is 1. The number of anilines is 2. The summed E-state index contributed by atoms with van der Waals surface area (Å²) in [6.45, 7) is 3.81. The molecule has 3 rings (SSSR count). The molecular formula is C19H27N7O2. The molecule has 0 radical (unpaired) electrons. The van der Waals surface area contributed by atoms with Crippen molar-refractivity contribution in [3.8, 4) is 0 Å². The van der Waals surface area contributed by atoms with Gasteiger partial charge in [0.15, 0.2) is 0 Å². The third-order valence-corrected chi connectivity index (χ3v) is 4.84. The summed E-state index contributed by atoms with van der Waals surface area (Å²) in [4.78, 5) is 41.4. The maximum absolute atomic E-state index is 12.5. The molecule has 2 aromatic heterocycles. The standard InChI is InChI=1S/C19H27N7O2/c1-13-5-7-20-16(9-13)22-19(28)26-8-6-15(12-26)25(4)11-14-10-17(27)23-18(21-14)24(2)3/h5,7,9-10,15H,6,8,11-12H2,1-4H3,(H,20,22,28)(H,21,23,27). The third kappa shape index (κ3) is 4.86. The van der Waals surface area contributed by atoms with Gasteiger partial charge < -0.3 is 9.80 Å². The quantitative estimate of drug-likeness (QED) is 0.805. The Morgan fingerprint density at radius 3 is 2.86 bits per heavy atom. The van der Waals surface area contributed by atoms with Crippen molar-refractivity contribution in [3.05, 3.63) is 46.0 Å². The highest BCUT2D eigenvalue weighted by Gasteiger charge is 2.29. The minimum absolute atomic E-state index is 0.141. The lowest BCUT2D eigenvalue weighted by Crippen LogP contribution is -2.38. The van der Waals surface area contributed by atoms with E-state index in [0.29, 0.717) is 37.1 Å². The van der Waals surface area contributed by atoms with Gasteiger partial charge in [0.1, 0.15) is 5.82 Å². The molecule has 0 aromatic carbocycles. The van der Waals surface area contributed by atoms with Crippen molar-refractivity contribution in [1.29, 1.82) is 0 Å². The minimum Gasteiger partial charge on any atom is -0.348 e. The van der Waals surface area contributed by atoms with Crippen LogP contribution in [-0.2, 0) is 6.54 Å². The number of aromatic nitrogens is 3. The van der Waals surface area contributed by atoms with Gasteiger partial charge in [0.05, 0.1) is 5.69 Å². The number of carbonyl (C=O) groups is 1. The number of hydrogen-bond acceptors (Lipinski definition) is 6. The monoisotopic (exact) mass is 385 g/mol. The number of aryl methyl sites for hydroxylation is 1. The Bertz CT molecular complexity index is 896. The molecule has 9 heteroatoms. The third-order valence-electron chi connectivity index (χ3n) is 4.84. The Morgan fingerprint density at radius 2 is 2.14 bits per heavy atom. The number of nitrogens with one attached hydrogen (secondary N) is 2. The first-order valence-electron chi connectivity index (χ1n) is 9.28. The fourth-order valence-electron chi connectivity index (χ4n) is 3.25. The second-order valence-electron chi connectivity index (χ2n) is 7.41. The molecule has 1 unspecified atom stereocenters. The first-order valence-corrected chi connectivity index (χ1v) is 9.28. The number of nitrogens with zero attached hydrogens (tertiary/aromatic N) is 5. The maximum Gasteiger partial charge on any atom is 0.323 e. The van der Waals surface area contributed by atoms with Gasteiger partial charge in [-0.1, -0.05) is 0 Å². The normalized spacial score (nSPS) is 16.5. The van der Waals surface area contributed by atoms with E-state index in [2.05, 4.69) is 25.2 Å². The van der Waals surface area contributed by atoms with Gasteiger partial charge in [-0.25, -0.2) is 14.8 Å². The molecule has 1 aliphatic heterocycles. The van der Waals surface area contributed by atoms with Crippen LogP contribution < -0.4 is 15.8 Å². The fourth-order valence-corrected chi connectivity index (χ4v) is 3.25. The second-order valence-corrected chi connectivity index (χ2v) is 7.41. The molecule has 28 heavy (non-hydrogen) atoms. The van der Waals surface area contributed by atoms with Crippen LogP contribution in [0.3, 0.4) is 0 Å². The highest BCUT2D eigenvalue weighted by atomic mass is 16.2. The first kappa shape index (κ1) is 19.8. The summed E-state index contributed by atoms with van der Waals surface area (Å²) in [7, 11) is 5.66. The van der Waals surface area contributed by atoms with Crippen molar-refractivity contribution < 1.29 is 4.79 Å². The molecule has 3 heterocycles. The Kier molecular flexibility index (Phi) is 5.93. The Morgan fingerprint density at radius 1 is 1.36 bits per heavy atom. The van der Waals surface area contributed by atoms with Crippen molar-refractivity contribution in [2.24, 2.45) is 0 Å². The van der Waals surface area contributed by atoms with Crippen molar-refractivity contribution in [1.82, 2.24) is 24.8 Å². The van der Waals surface area contributed by atoms with Crippen LogP contribution in [-0.4, -0.2) is 71.1 Å². The van der Waals surface area contributed by atoms with Gasteiger partial charge in [-0.3, -0.25) is 20.0 Å². The van der Waals surface area contributed by atoms with Gasteiger partial charge >= 0.3 is 6.03 Å². The SMILES string of the molecule is Cc1ccnc(NC(=O)N2CCC(N(C)Cc3cc(=O)[nH]c(N(C)C)n3)C2)c1. The lowest BCUT2D eigenvalue weighted by molar-refractivity contribution is 0.207. The molecule has 9 nitrogen and oxygen atoms in total. The van der Waals surface area contributed by atoms with Crippen LogP contribution in [0.5, 0.6) is 0 Å². The van der Waals surface area contributed by atoms with E-state index in [4.69, 9.17) is 0 Å². The van der Waals surface area contributed by atoms with Crippen molar-refractivity contribution >= 4 is 17.8 Å². The van der Waals surface area contributed by atoms with E-state index in [0.717, 1.165) is 12.0 Å². The van der Waals surface area contributed by atoms with E-state index in [9.17, 15) is 9.59 Å². The summed E-state index contributed by atoms with van der Waals surface area (Å²) < 4.78 is 0. The predicted molar refractivity (Wildman–Crippen MR) is 109 cm³/mol. The van der Waals surface area contributed by atoms with Gasteiger partial charge in [-0.15, -0.1) is 0 Å². The van der Waals surface area contributed by atoms with Crippen molar-refractivity contribution in [2.75, 3.05) is 44.4 Å². The second kappa shape index (κ2) is 8.39. The summed E-state index contributed by atoms with van der Waals surface area (Å²) >= 11 is 0. The van der Waals surface area contributed by atoms with Crippen LogP contribution >= 0.6 is 0 Å². The molecule has 0 saturated carbocycles. The van der Waals surface area contributed by atoms with Crippen LogP contribution in [0.4, 0.5) is 16.6 Å². The van der Waals surface area contributed by atoms with E-state index >= 15 is 0 Å². The smallest absolute Gasteiger partial charge is 0.323 e. The zero-order chi connectivity index (χ0) is 20.3. The van der Waals surface area contributed by atoms with E-state index in [1.54, 1.807) is 16.0 Å². The Balaban J connectivity index is 1.59. The molecule has 2 N–H and O–H groups in total. The molecule has 1 aliphatic rings. The molecule has 1 fully saturated rings. The molecule has 0 spiro atoms. The average molecular weight is 385 g/mol. The van der Waals surface area contributed by atoms with Gasteiger partial charge in [0.25, 0.3) is 5.56 Å². The Hall–Kier alpha value is -2.94. The van der Waals surface area contributed by atoms with Crippen LogP contribution in [0.2, 0.25) is 0 Å². The number of H-pyrrole nitrogens is 1. The van der Waals surface area contributed by atoms with Gasteiger partial charge in [-0.2, -0.15) is 0 Å². The highest BCUT2D eigenvalue weighted by molar-refractivity contribution is 5.88. The summed E-state index contributed by atoms with van der Waals surface area (Å²) in [5.41, 5.74) is 1.59. The number of likely N-dealkylation sites (N-methyl/N-ethyl adjacent to an activating group) is 1. The highest BCUT2D eigenvalue weighted by Crippen LogP contribution is 2.18. The molecule has 1 saturated heterocycles. The molecule has 1 atom stereocenters. The summed E-state index contributed by atoms with van der Waals surface area (Å²) in [6.07, 6.45) is 2.55. The molecular weight excluding hydrogens is 358 g/mol. The van der Waals surface area contributed by atoms with E-state index < -0.39 is 0 Å². The van der Waals surface area contributed by atoms with Gasteiger partial charge in [0.2, 0.25) is 5.95 Å². The number of urea groups is 1. The summed E-state index contributed by atoms with van der Waals surface area (Å²) in [6, 6.07) is 5.32. The zero-order valence-corrected chi connectivity index (χ0v) is 16.8. The topological polar surface area (TPSA) is 97.5 Å². The molecule has 2 amide bonds. The van der Waals surface area contributed by atoms with Crippen LogP contribution in [0.25, 0.3) is 0 Å². The van der Waals surface area contributed by atoms with Crippen molar-refractivity contribution in [3.63, 3.8) is 0 Å². The summed E-state index contributed by atoms with van der Waals surface area (Å²) in [5.74, 6) is 1.10. The molecule has 150 valence electrons. The lowest BCUT2D eigenvalue weighted by Gasteiger charge is -2.24. The maximum atomic E-state index is 12.5. The molecule has 0 aliphatic carbocycles. The zero-order valence-electron chi connectivity index (χ0n) is 16.8. The number of pyridine rings is 1. The number of rotatable bonds is 5. The first-order chi connectivity index (χ1) is 13.3. The van der Waals surface area contributed by atoms with Crippen molar-refractivity contribution in [2.45, 2.75) is 25.9 Å². The van der Waals surface area contributed by atoms with Crippen LogP contribution in [0.1, 0.15) is 17.7 Å². The predicted octanol–water partition coefficient (Wildman–Crippen LogP) is 1.28. The van der Waals surface area contributed by atoms with Crippen LogP contribution in [0, 0.1) is 6.92 Å². The van der Waals surface area contributed by atoms with Gasteiger partial charge in [0, 0.05) is 52.0 Å². The molecule has 0 bridgehead atoms. The van der Waals surface area contributed by atoms with E-state index in [-0.39, 0.29) is 17.6 Å². The largest absolute Gasteiger partial charge is 0.348 e. The fraction of sp³-hybridized carbons (Fsp3) is 0.474. The molecule has 2 aromatic rings. The number of amides is 2. The number of hydrogen-bond donors (Lipinski definition) is 2. The summed E-state index contributed by atoms with van der Waals surface area (Å²) in [5, 5.41) is 2.86.